The summed E-state index contributed by atoms with van der Waals surface area (Å²) in [5, 5.41) is 0. The van der Waals surface area contributed by atoms with Crippen LogP contribution in [0.5, 0.6) is 0 Å². The zero-order valence-electron chi connectivity index (χ0n) is 16.0. The lowest BCUT2D eigenvalue weighted by molar-refractivity contribution is 0.920. The summed E-state index contributed by atoms with van der Waals surface area (Å²) in [5.41, 5.74) is 17.5. The van der Waals surface area contributed by atoms with Crippen LogP contribution in [0.15, 0.2) is 71.6 Å². The number of hydrogen-bond donors (Lipinski definition) is 2. The third kappa shape index (κ3) is 10.5. The maximum Gasteiger partial charge on any atom is 0.0241 e. The van der Waals surface area contributed by atoms with Crippen molar-refractivity contribution in [2.45, 2.75) is 53.9 Å². The van der Waals surface area contributed by atoms with Crippen LogP contribution in [0.1, 0.15) is 52.2 Å². The third-order valence-corrected chi connectivity index (χ3v) is 3.58. The van der Waals surface area contributed by atoms with E-state index in [0.717, 1.165) is 23.3 Å². The monoisotopic (exact) mass is 326 g/mol. The molecule has 2 nitrogen and oxygen atoms in total. The first kappa shape index (κ1) is 21.8. The second kappa shape index (κ2) is 12.2. The van der Waals surface area contributed by atoms with E-state index in [2.05, 4.69) is 44.7 Å². The van der Waals surface area contributed by atoms with Crippen LogP contribution in [0, 0.1) is 0 Å². The lowest BCUT2D eigenvalue weighted by Crippen LogP contribution is -1.92. The molecular formula is C22H34N2. The van der Waals surface area contributed by atoms with Crippen molar-refractivity contribution in [1.82, 2.24) is 0 Å². The number of hydrogen-bond acceptors (Lipinski definition) is 2. The summed E-state index contributed by atoms with van der Waals surface area (Å²) in [4.78, 5) is 0. The fraction of sp³-hybridized carbons (Fsp3) is 0.364. The van der Waals surface area contributed by atoms with Crippen molar-refractivity contribution in [3.8, 4) is 0 Å². The van der Waals surface area contributed by atoms with Gasteiger partial charge in [-0.3, -0.25) is 0 Å². The van der Waals surface area contributed by atoms with E-state index in [9.17, 15) is 0 Å². The van der Waals surface area contributed by atoms with E-state index in [1.165, 1.54) is 24.0 Å². The van der Waals surface area contributed by atoms with E-state index in [0.29, 0.717) is 5.70 Å². The third-order valence-electron chi connectivity index (χ3n) is 3.58. The van der Waals surface area contributed by atoms with E-state index in [-0.39, 0.29) is 0 Å². The van der Waals surface area contributed by atoms with Gasteiger partial charge in [0.2, 0.25) is 0 Å². The Morgan fingerprint density at radius 3 is 1.88 bits per heavy atom. The fourth-order valence-electron chi connectivity index (χ4n) is 2.05. The highest BCUT2D eigenvalue weighted by molar-refractivity contribution is 5.33. The Kier molecular flexibility index (Phi) is 11.1. The molecule has 0 bridgehead atoms. The molecule has 1 rings (SSSR count). The molecule has 0 atom stereocenters. The predicted octanol–water partition coefficient (Wildman–Crippen LogP) is 5.42. The number of allylic oxidation sites excluding steroid dienone is 6. The lowest BCUT2D eigenvalue weighted by Gasteiger charge is -1.99. The van der Waals surface area contributed by atoms with Crippen LogP contribution in [0.2, 0.25) is 0 Å². The van der Waals surface area contributed by atoms with Gasteiger partial charge in [0.05, 0.1) is 0 Å². The van der Waals surface area contributed by atoms with Crippen molar-refractivity contribution in [3.05, 3.63) is 82.7 Å². The standard InChI is InChI=1S/C11H18N2.C11H16/c1-8(5-6-10(3)12)9(2)7-11(4)13;1-3-5-11-8-6-10(4-2)7-9-11/h5-7H,3,12-13H2,1-2,4H3;6-9H,3-5H2,1-2H3/b6-5+,9-8+,11-7-;. The van der Waals surface area contributed by atoms with E-state index in [4.69, 9.17) is 11.5 Å². The van der Waals surface area contributed by atoms with Crippen LogP contribution in [0.3, 0.4) is 0 Å². The van der Waals surface area contributed by atoms with Crippen LogP contribution in [-0.4, -0.2) is 0 Å². The summed E-state index contributed by atoms with van der Waals surface area (Å²) in [5.74, 6) is 0. The molecule has 132 valence electrons. The smallest absolute Gasteiger partial charge is 0.0241 e. The highest BCUT2D eigenvalue weighted by atomic mass is 14.5. The zero-order chi connectivity index (χ0) is 18.5. The molecule has 0 aliphatic rings. The molecular weight excluding hydrogens is 292 g/mol. The molecule has 0 amide bonds. The molecule has 0 saturated heterocycles. The Hall–Kier alpha value is -2.22. The summed E-state index contributed by atoms with van der Waals surface area (Å²) in [6.45, 7) is 13.9. The van der Waals surface area contributed by atoms with Crippen LogP contribution in [0.4, 0.5) is 0 Å². The molecule has 1 aromatic carbocycles. The van der Waals surface area contributed by atoms with Crippen molar-refractivity contribution in [3.63, 3.8) is 0 Å². The molecule has 0 aromatic heterocycles. The highest BCUT2D eigenvalue weighted by Crippen LogP contribution is 2.08. The Morgan fingerprint density at radius 1 is 0.917 bits per heavy atom. The van der Waals surface area contributed by atoms with Crippen molar-refractivity contribution >= 4 is 0 Å². The topological polar surface area (TPSA) is 52.0 Å². The van der Waals surface area contributed by atoms with Gasteiger partial charge in [0.25, 0.3) is 0 Å². The predicted molar refractivity (Wildman–Crippen MR) is 109 cm³/mol. The van der Waals surface area contributed by atoms with Gasteiger partial charge >= 0.3 is 0 Å². The SMILES string of the molecule is C=C(N)/C=C/C(C)=C(C)/C=C(/C)N.CCCc1ccc(CC)cc1. The molecule has 0 unspecified atom stereocenters. The molecule has 0 heterocycles. The van der Waals surface area contributed by atoms with E-state index >= 15 is 0 Å². The Morgan fingerprint density at radius 2 is 1.46 bits per heavy atom. The van der Waals surface area contributed by atoms with Crippen LogP contribution in [-0.2, 0) is 12.8 Å². The Balaban J connectivity index is 0.000000446. The molecule has 0 aliphatic carbocycles. The number of rotatable bonds is 6. The summed E-state index contributed by atoms with van der Waals surface area (Å²) in [7, 11) is 0. The molecule has 0 radical (unpaired) electrons. The van der Waals surface area contributed by atoms with Crippen LogP contribution < -0.4 is 11.5 Å². The van der Waals surface area contributed by atoms with Gasteiger partial charge in [-0.15, -0.1) is 0 Å². The largest absolute Gasteiger partial charge is 0.402 e. The van der Waals surface area contributed by atoms with Gasteiger partial charge in [-0.25, -0.2) is 0 Å². The van der Waals surface area contributed by atoms with Gasteiger partial charge in [0.15, 0.2) is 0 Å². The van der Waals surface area contributed by atoms with Crippen LogP contribution in [0.25, 0.3) is 0 Å². The van der Waals surface area contributed by atoms with Crippen molar-refractivity contribution < 1.29 is 0 Å². The molecule has 0 fully saturated rings. The Labute approximate surface area is 148 Å². The number of benzene rings is 1. The lowest BCUT2D eigenvalue weighted by atomic mass is 10.1. The van der Waals surface area contributed by atoms with Crippen molar-refractivity contribution in [2.75, 3.05) is 0 Å². The first-order chi connectivity index (χ1) is 11.3. The summed E-state index contributed by atoms with van der Waals surface area (Å²) < 4.78 is 0. The van der Waals surface area contributed by atoms with E-state index in [1.807, 2.05) is 32.9 Å². The second-order valence-electron chi connectivity index (χ2n) is 6.08. The Bertz CT molecular complexity index is 583. The summed E-state index contributed by atoms with van der Waals surface area (Å²) >= 11 is 0. The zero-order valence-corrected chi connectivity index (χ0v) is 16.0. The molecule has 4 N–H and O–H groups in total. The van der Waals surface area contributed by atoms with Gasteiger partial charge in [-0.2, -0.15) is 0 Å². The summed E-state index contributed by atoms with van der Waals surface area (Å²) in [6.07, 6.45) is 9.23. The number of aryl methyl sites for hydroxylation is 2. The van der Waals surface area contributed by atoms with Crippen molar-refractivity contribution in [2.24, 2.45) is 11.5 Å². The minimum Gasteiger partial charge on any atom is -0.402 e. The normalized spacial score (nSPS) is 12.5. The van der Waals surface area contributed by atoms with Gasteiger partial charge in [-0.05, 0) is 68.0 Å². The first-order valence-electron chi connectivity index (χ1n) is 8.61. The fourth-order valence-corrected chi connectivity index (χ4v) is 2.05. The minimum atomic E-state index is 0.556. The molecule has 24 heavy (non-hydrogen) atoms. The quantitative estimate of drug-likeness (QED) is 0.686. The van der Waals surface area contributed by atoms with Crippen molar-refractivity contribution in [1.29, 1.82) is 0 Å². The summed E-state index contributed by atoms with van der Waals surface area (Å²) in [6, 6.07) is 8.93. The maximum atomic E-state index is 5.55. The van der Waals surface area contributed by atoms with Gasteiger partial charge in [0.1, 0.15) is 0 Å². The number of nitrogens with two attached hydrogens (primary N) is 2. The molecule has 1 aromatic rings. The molecule has 0 aliphatic heterocycles. The van der Waals surface area contributed by atoms with Gasteiger partial charge in [-0.1, -0.05) is 57.2 Å². The van der Waals surface area contributed by atoms with E-state index < -0.39 is 0 Å². The molecule has 2 heteroatoms. The maximum absolute atomic E-state index is 5.55. The van der Waals surface area contributed by atoms with Gasteiger partial charge < -0.3 is 11.5 Å². The van der Waals surface area contributed by atoms with Gasteiger partial charge in [0, 0.05) is 11.4 Å². The molecule has 0 spiro atoms. The molecule has 0 saturated carbocycles. The van der Waals surface area contributed by atoms with E-state index in [1.54, 1.807) is 6.08 Å². The minimum absolute atomic E-state index is 0.556. The average molecular weight is 327 g/mol. The second-order valence-corrected chi connectivity index (χ2v) is 6.08. The highest BCUT2D eigenvalue weighted by Gasteiger charge is 1.91. The van der Waals surface area contributed by atoms with Crippen LogP contribution >= 0.6 is 0 Å². The first-order valence-corrected chi connectivity index (χ1v) is 8.61. The average Bonchev–Trinajstić information content (AvgIpc) is 2.53.